The first-order valence-electron chi connectivity index (χ1n) is 14.5. The lowest BCUT2D eigenvalue weighted by Gasteiger charge is -2.28. The van der Waals surface area contributed by atoms with Crippen molar-refractivity contribution in [2.24, 2.45) is 17.8 Å². The molecule has 1 heterocycles. The maximum absolute atomic E-state index is 13.8. The van der Waals surface area contributed by atoms with Crippen molar-refractivity contribution >= 4 is 29.6 Å². The molecule has 4 rings (SSSR count). The average molecular weight is 582 g/mol. The summed E-state index contributed by atoms with van der Waals surface area (Å²) in [4.78, 5) is 41.5. The smallest absolute Gasteiger partial charge is 0.410 e. The van der Waals surface area contributed by atoms with Gasteiger partial charge in [0.15, 0.2) is 11.4 Å². The lowest BCUT2D eigenvalue weighted by Crippen LogP contribution is -2.38. The predicted molar refractivity (Wildman–Crippen MR) is 161 cm³/mol. The molecule has 0 radical (unpaired) electrons. The van der Waals surface area contributed by atoms with Gasteiger partial charge in [-0.05, 0) is 107 Å². The first-order chi connectivity index (χ1) is 19.4. The number of benzene rings is 2. The summed E-state index contributed by atoms with van der Waals surface area (Å²) in [5.74, 6) is -0.200. The SMILES string of the molecule is CSc1ccc(C(=O)C2CN(C(=O)OC3CCC(C)CC3)CC2Cc2cc(C)c(OC(C)(C)C(=O)O)c(C)c2)cc1. The van der Waals surface area contributed by atoms with Gasteiger partial charge in [0, 0.05) is 29.5 Å². The number of hydrogen-bond acceptors (Lipinski definition) is 6. The minimum absolute atomic E-state index is 0.0426. The van der Waals surface area contributed by atoms with Crippen molar-refractivity contribution in [1.29, 1.82) is 0 Å². The van der Waals surface area contributed by atoms with Crippen molar-refractivity contribution < 1.29 is 29.0 Å². The molecule has 1 saturated carbocycles. The van der Waals surface area contributed by atoms with Crippen molar-refractivity contribution in [3.8, 4) is 5.75 Å². The lowest BCUT2D eigenvalue weighted by molar-refractivity contribution is -0.152. The molecule has 2 aromatic rings. The number of carbonyl (C=O) groups is 3. The summed E-state index contributed by atoms with van der Waals surface area (Å²) in [5, 5.41) is 9.52. The van der Waals surface area contributed by atoms with Crippen LogP contribution in [-0.4, -0.2) is 58.9 Å². The minimum Gasteiger partial charge on any atom is -0.478 e. The zero-order chi connectivity index (χ0) is 29.9. The third-order valence-electron chi connectivity index (χ3n) is 8.53. The number of hydrogen-bond donors (Lipinski definition) is 1. The molecular weight excluding hydrogens is 538 g/mol. The zero-order valence-electron chi connectivity index (χ0n) is 25.1. The molecule has 2 aliphatic rings. The third-order valence-corrected chi connectivity index (χ3v) is 9.27. The van der Waals surface area contributed by atoms with E-state index in [1.54, 1.807) is 16.7 Å². The Morgan fingerprint density at radius 2 is 1.61 bits per heavy atom. The van der Waals surface area contributed by atoms with E-state index in [4.69, 9.17) is 9.47 Å². The van der Waals surface area contributed by atoms with Crippen LogP contribution in [0.2, 0.25) is 0 Å². The summed E-state index contributed by atoms with van der Waals surface area (Å²) >= 11 is 1.63. The number of nitrogens with zero attached hydrogens (tertiary/aromatic N) is 1. The topological polar surface area (TPSA) is 93.1 Å². The van der Waals surface area contributed by atoms with Gasteiger partial charge in [0.05, 0.1) is 0 Å². The van der Waals surface area contributed by atoms with E-state index < -0.39 is 11.6 Å². The van der Waals surface area contributed by atoms with E-state index in [9.17, 15) is 19.5 Å². The van der Waals surface area contributed by atoms with Crippen LogP contribution in [0.15, 0.2) is 41.3 Å². The summed E-state index contributed by atoms with van der Waals surface area (Å²) in [6.45, 7) is 9.89. The normalized spacial score (nSPS) is 22.8. The van der Waals surface area contributed by atoms with Crippen LogP contribution in [0.25, 0.3) is 0 Å². The van der Waals surface area contributed by atoms with Crippen LogP contribution in [-0.2, 0) is 16.0 Å². The van der Waals surface area contributed by atoms with E-state index in [2.05, 4.69) is 6.92 Å². The van der Waals surface area contributed by atoms with Crippen LogP contribution in [0.5, 0.6) is 5.75 Å². The molecule has 1 aliphatic heterocycles. The Hall–Kier alpha value is -3.00. The van der Waals surface area contributed by atoms with E-state index in [0.717, 1.165) is 47.3 Å². The Bertz CT molecular complexity index is 1240. The second-order valence-electron chi connectivity index (χ2n) is 12.3. The molecule has 7 nitrogen and oxygen atoms in total. The van der Waals surface area contributed by atoms with Gasteiger partial charge < -0.3 is 19.5 Å². The maximum atomic E-state index is 13.8. The fourth-order valence-electron chi connectivity index (χ4n) is 5.98. The highest BCUT2D eigenvalue weighted by Gasteiger charge is 2.41. The van der Waals surface area contributed by atoms with E-state index in [1.165, 1.54) is 13.8 Å². The van der Waals surface area contributed by atoms with Crippen molar-refractivity contribution in [2.45, 2.75) is 83.3 Å². The molecule has 2 fully saturated rings. The largest absolute Gasteiger partial charge is 0.478 e. The molecule has 1 N–H and O–H groups in total. The molecule has 222 valence electrons. The maximum Gasteiger partial charge on any atom is 0.410 e. The van der Waals surface area contributed by atoms with E-state index in [0.29, 0.717) is 36.7 Å². The van der Waals surface area contributed by atoms with Crippen LogP contribution in [0, 0.1) is 31.6 Å². The van der Waals surface area contributed by atoms with Gasteiger partial charge in [0.2, 0.25) is 0 Å². The highest BCUT2D eigenvalue weighted by molar-refractivity contribution is 7.98. The molecule has 1 saturated heterocycles. The number of Topliss-reactive ketones (excluding diaryl/α,β-unsaturated/α-hetero) is 1. The first-order valence-corrected chi connectivity index (χ1v) is 15.8. The molecule has 0 bridgehead atoms. The van der Waals surface area contributed by atoms with Crippen LogP contribution in [0.3, 0.4) is 0 Å². The number of aryl methyl sites for hydroxylation is 2. The van der Waals surface area contributed by atoms with Crippen LogP contribution in [0.4, 0.5) is 4.79 Å². The number of carboxylic acids is 1. The van der Waals surface area contributed by atoms with E-state index in [-0.39, 0.29) is 29.8 Å². The van der Waals surface area contributed by atoms with Gasteiger partial charge in [-0.1, -0.05) is 31.2 Å². The highest BCUT2D eigenvalue weighted by atomic mass is 32.2. The molecule has 1 aliphatic carbocycles. The molecule has 41 heavy (non-hydrogen) atoms. The fraction of sp³-hybridized carbons (Fsp3) is 0.545. The quantitative estimate of drug-likeness (QED) is 0.253. The average Bonchev–Trinajstić information content (AvgIpc) is 3.35. The number of aliphatic carboxylic acids is 1. The molecule has 2 atom stereocenters. The van der Waals surface area contributed by atoms with E-state index in [1.807, 2.05) is 56.5 Å². The molecule has 2 aromatic carbocycles. The van der Waals surface area contributed by atoms with Crippen molar-refractivity contribution in [2.75, 3.05) is 19.3 Å². The molecular formula is C33H43NO6S. The molecule has 8 heteroatoms. The molecule has 1 amide bonds. The Morgan fingerprint density at radius 1 is 1.00 bits per heavy atom. The summed E-state index contributed by atoms with van der Waals surface area (Å²) in [5.41, 5.74) is 2.00. The summed E-state index contributed by atoms with van der Waals surface area (Å²) in [7, 11) is 0. The molecule has 0 spiro atoms. The molecule has 0 aromatic heterocycles. The predicted octanol–water partition coefficient (Wildman–Crippen LogP) is 6.96. The number of rotatable bonds is 9. The van der Waals surface area contributed by atoms with Crippen LogP contribution in [0.1, 0.15) is 73.5 Å². The van der Waals surface area contributed by atoms with Crippen LogP contribution < -0.4 is 4.74 Å². The minimum atomic E-state index is -1.36. The van der Waals surface area contributed by atoms with Crippen molar-refractivity contribution in [1.82, 2.24) is 4.90 Å². The monoisotopic (exact) mass is 581 g/mol. The Kier molecular flexibility index (Phi) is 9.73. The van der Waals surface area contributed by atoms with Gasteiger partial charge in [0.25, 0.3) is 0 Å². The summed E-state index contributed by atoms with van der Waals surface area (Å²) in [6, 6.07) is 11.7. The molecule has 2 unspecified atom stereocenters. The Balaban J connectivity index is 1.55. The van der Waals surface area contributed by atoms with Gasteiger partial charge >= 0.3 is 12.1 Å². The van der Waals surface area contributed by atoms with Gasteiger partial charge in [-0.15, -0.1) is 11.8 Å². The second-order valence-corrected chi connectivity index (χ2v) is 13.2. The summed E-state index contributed by atoms with van der Waals surface area (Å²) in [6.07, 6.45) is 6.14. The third kappa shape index (κ3) is 7.45. The summed E-state index contributed by atoms with van der Waals surface area (Å²) < 4.78 is 11.8. The lowest BCUT2D eigenvalue weighted by atomic mass is 9.84. The zero-order valence-corrected chi connectivity index (χ0v) is 25.9. The number of ether oxygens (including phenoxy) is 2. The number of ketones is 1. The standard InChI is InChI=1S/C33H43NO6S/c1-20-7-11-26(12-8-20)39-32(38)34-18-25(28(19-34)29(35)24-9-13-27(41-6)14-10-24)17-23-15-21(2)30(22(3)16-23)40-33(4,5)31(36)37/h9-10,13-16,20,25-26,28H,7-8,11-12,17-19H2,1-6H3,(H,36,37). The van der Waals surface area contributed by atoms with Gasteiger partial charge in [-0.25, -0.2) is 9.59 Å². The Morgan fingerprint density at radius 3 is 2.17 bits per heavy atom. The van der Waals surface area contributed by atoms with E-state index >= 15 is 0 Å². The number of carboxylic acid groups (broad SMARTS) is 1. The van der Waals surface area contributed by atoms with Crippen LogP contribution >= 0.6 is 11.8 Å². The van der Waals surface area contributed by atoms with Gasteiger partial charge in [0.1, 0.15) is 11.9 Å². The van der Waals surface area contributed by atoms with Gasteiger partial charge in [-0.2, -0.15) is 0 Å². The van der Waals surface area contributed by atoms with Gasteiger partial charge in [-0.3, -0.25) is 4.79 Å². The number of thioether (sulfide) groups is 1. The second kappa shape index (κ2) is 12.9. The van der Waals surface area contributed by atoms with Crippen molar-refractivity contribution in [3.63, 3.8) is 0 Å². The number of likely N-dealkylation sites (tertiary alicyclic amines) is 1. The number of amides is 1. The first kappa shape index (κ1) is 30.9. The van der Waals surface area contributed by atoms with Crippen molar-refractivity contribution in [3.05, 3.63) is 58.7 Å². The Labute approximate surface area is 248 Å². The highest BCUT2D eigenvalue weighted by Crippen LogP contribution is 2.35. The fourth-order valence-corrected chi connectivity index (χ4v) is 6.39. The number of carbonyl (C=O) groups excluding carboxylic acids is 2.